The van der Waals surface area contributed by atoms with Crippen LogP contribution in [-0.2, 0) is 12.8 Å². The summed E-state index contributed by atoms with van der Waals surface area (Å²) in [5.74, 6) is 2.24. The van der Waals surface area contributed by atoms with Gasteiger partial charge in [-0.25, -0.2) is 9.97 Å². The first-order valence-corrected chi connectivity index (χ1v) is 9.13. The second kappa shape index (κ2) is 5.80. The second-order valence-electron chi connectivity index (χ2n) is 7.23. The van der Waals surface area contributed by atoms with Gasteiger partial charge < -0.3 is 4.90 Å². The molecule has 4 nitrogen and oxygen atoms in total. The van der Waals surface area contributed by atoms with Crippen molar-refractivity contribution in [1.29, 1.82) is 0 Å². The van der Waals surface area contributed by atoms with Crippen molar-refractivity contribution in [3.63, 3.8) is 0 Å². The highest BCUT2D eigenvalue weighted by Gasteiger charge is 2.37. The molecule has 2 saturated heterocycles. The van der Waals surface area contributed by atoms with Gasteiger partial charge in [0.05, 0.1) is 0 Å². The van der Waals surface area contributed by atoms with Gasteiger partial charge >= 0.3 is 0 Å². The Labute approximate surface area is 133 Å². The van der Waals surface area contributed by atoms with Crippen molar-refractivity contribution in [2.24, 2.45) is 0 Å². The molecule has 4 heteroatoms. The lowest BCUT2D eigenvalue weighted by molar-refractivity contribution is 0.193. The first-order chi connectivity index (χ1) is 10.8. The molecule has 1 aromatic heterocycles. The van der Waals surface area contributed by atoms with E-state index in [0.717, 1.165) is 18.3 Å². The molecule has 0 spiro atoms. The number of hydrogen-bond donors (Lipinski definition) is 0. The summed E-state index contributed by atoms with van der Waals surface area (Å²) in [5, 5.41) is 0. The van der Waals surface area contributed by atoms with E-state index in [9.17, 15) is 0 Å². The maximum Gasteiger partial charge on any atom is 0.136 e. The summed E-state index contributed by atoms with van der Waals surface area (Å²) in [6, 6.07) is 1.37. The van der Waals surface area contributed by atoms with E-state index in [1.165, 1.54) is 75.2 Å². The van der Waals surface area contributed by atoms with E-state index >= 15 is 0 Å². The summed E-state index contributed by atoms with van der Waals surface area (Å²) in [6.07, 6.45) is 8.84. The van der Waals surface area contributed by atoms with Gasteiger partial charge in [-0.1, -0.05) is 6.92 Å². The van der Waals surface area contributed by atoms with Crippen LogP contribution in [0.5, 0.6) is 0 Å². The molecular weight excluding hydrogens is 272 g/mol. The van der Waals surface area contributed by atoms with E-state index in [0.29, 0.717) is 6.04 Å². The molecule has 0 saturated carbocycles. The van der Waals surface area contributed by atoms with Crippen molar-refractivity contribution in [3.05, 3.63) is 17.1 Å². The largest absolute Gasteiger partial charge is 0.350 e. The van der Waals surface area contributed by atoms with Crippen LogP contribution in [0.1, 0.15) is 56.1 Å². The van der Waals surface area contributed by atoms with Crippen molar-refractivity contribution < 1.29 is 0 Å². The maximum absolute atomic E-state index is 4.92. The molecular formula is C18H28N4. The average molecular weight is 300 g/mol. The Morgan fingerprint density at radius 2 is 1.95 bits per heavy atom. The zero-order chi connectivity index (χ0) is 15.1. The van der Waals surface area contributed by atoms with Gasteiger partial charge in [0.25, 0.3) is 0 Å². The zero-order valence-electron chi connectivity index (χ0n) is 14.0. The monoisotopic (exact) mass is 300 g/mol. The fraction of sp³-hybridized carbons (Fsp3) is 0.778. The highest BCUT2D eigenvalue weighted by Crippen LogP contribution is 2.34. The molecule has 0 bridgehead atoms. The Morgan fingerprint density at radius 1 is 1.09 bits per heavy atom. The van der Waals surface area contributed by atoms with Crippen LogP contribution >= 0.6 is 0 Å². The second-order valence-corrected chi connectivity index (χ2v) is 7.23. The third-order valence-electron chi connectivity index (χ3n) is 5.81. The summed E-state index contributed by atoms with van der Waals surface area (Å²) < 4.78 is 0. The molecule has 22 heavy (non-hydrogen) atoms. The Balaban J connectivity index is 1.71. The normalized spacial score (nSPS) is 28.5. The van der Waals surface area contributed by atoms with E-state index < -0.39 is 0 Å². The summed E-state index contributed by atoms with van der Waals surface area (Å²) in [4.78, 5) is 15.0. The summed E-state index contributed by atoms with van der Waals surface area (Å²) in [5.41, 5.74) is 2.79. The lowest BCUT2D eigenvalue weighted by Gasteiger charge is -2.45. The van der Waals surface area contributed by atoms with Crippen LogP contribution in [0.2, 0.25) is 0 Å². The lowest BCUT2D eigenvalue weighted by Crippen LogP contribution is -2.56. The molecule has 0 radical (unpaired) electrons. The Morgan fingerprint density at radius 3 is 2.82 bits per heavy atom. The number of fused-ring (bicyclic) bond motifs is 2. The summed E-state index contributed by atoms with van der Waals surface area (Å²) in [6.45, 7) is 8.08. The Kier molecular flexibility index (Phi) is 3.81. The molecule has 2 fully saturated rings. The highest BCUT2D eigenvalue weighted by molar-refractivity contribution is 5.52. The molecule has 4 rings (SSSR count). The molecule has 0 aromatic carbocycles. The molecule has 1 aliphatic carbocycles. The summed E-state index contributed by atoms with van der Waals surface area (Å²) >= 11 is 0. The first kappa shape index (κ1) is 14.4. The number of piperazine rings is 1. The quantitative estimate of drug-likeness (QED) is 0.840. The molecule has 120 valence electrons. The van der Waals surface area contributed by atoms with Gasteiger partial charge in [-0.3, -0.25) is 4.90 Å². The van der Waals surface area contributed by atoms with Crippen LogP contribution in [0.4, 0.5) is 5.82 Å². The van der Waals surface area contributed by atoms with Gasteiger partial charge in [0.15, 0.2) is 0 Å². The minimum absolute atomic E-state index is 0.620. The van der Waals surface area contributed by atoms with Gasteiger partial charge in [0, 0.05) is 36.4 Å². The predicted octanol–water partition coefficient (Wildman–Crippen LogP) is 2.73. The SMILES string of the molecule is CCC1CN2CCCC2CN1c1nc(C)nc2c1CCCC2. The fourth-order valence-electron chi connectivity index (χ4n) is 4.63. The van der Waals surface area contributed by atoms with Crippen LogP contribution in [0, 0.1) is 6.92 Å². The van der Waals surface area contributed by atoms with E-state index in [2.05, 4.69) is 23.6 Å². The number of anilines is 1. The van der Waals surface area contributed by atoms with Gasteiger partial charge in [-0.2, -0.15) is 0 Å². The standard InChI is InChI=1S/C18H28N4/c1-3-14-11-21-10-6-7-15(21)12-22(14)18-16-8-4-5-9-17(16)19-13(2)20-18/h14-15H,3-12H2,1-2H3. The molecule has 1 aromatic rings. The van der Waals surface area contributed by atoms with Crippen molar-refractivity contribution in [2.75, 3.05) is 24.5 Å². The van der Waals surface area contributed by atoms with E-state index in [-0.39, 0.29) is 0 Å². The third kappa shape index (κ3) is 2.41. The lowest BCUT2D eigenvalue weighted by atomic mass is 9.94. The molecule has 3 aliphatic rings. The van der Waals surface area contributed by atoms with Crippen LogP contribution in [0.15, 0.2) is 0 Å². The number of hydrogen-bond acceptors (Lipinski definition) is 4. The van der Waals surface area contributed by atoms with Crippen molar-refractivity contribution in [3.8, 4) is 0 Å². The maximum atomic E-state index is 4.92. The third-order valence-corrected chi connectivity index (χ3v) is 5.81. The molecule has 0 amide bonds. The number of nitrogens with zero attached hydrogens (tertiary/aromatic N) is 4. The average Bonchev–Trinajstić information content (AvgIpc) is 3.00. The van der Waals surface area contributed by atoms with Crippen LogP contribution < -0.4 is 4.90 Å². The number of aryl methyl sites for hydroxylation is 2. The van der Waals surface area contributed by atoms with Crippen molar-refractivity contribution >= 4 is 5.82 Å². The molecule has 2 unspecified atom stereocenters. The van der Waals surface area contributed by atoms with E-state index in [1.54, 1.807) is 0 Å². The van der Waals surface area contributed by atoms with Gasteiger partial charge in [-0.05, 0) is 58.4 Å². The van der Waals surface area contributed by atoms with Gasteiger partial charge in [-0.15, -0.1) is 0 Å². The highest BCUT2D eigenvalue weighted by atomic mass is 15.3. The van der Waals surface area contributed by atoms with Crippen molar-refractivity contribution in [1.82, 2.24) is 14.9 Å². The molecule has 0 N–H and O–H groups in total. The zero-order valence-corrected chi connectivity index (χ0v) is 14.0. The topological polar surface area (TPSA) is 32.3 Å². The first-order valence-electron chi connectivity index (χ1n) is 9.13. The minimum Gasteiger partial charge on any atom is -0.350 e. The van der Waals surface area contributed by atoms with Crippen LogP contribution in [-0.4, -0.2) is 46.6 Å². The Hall–Kier alpha value is -1.16. The smallest absolute Gasteiger partial charge is 0.136 e. The summed E-state index contributed by atoms with van der Waals surface area (Å²) in [7, 11) is 0. The fourth-order valence-corrected chi connectivity index (χ4v) is 4.63. The number of aromatic nitrogens is 2. The van der Waals surface area contributed by atoms with E-state index in [4.69, 9.17) is 9.97 Å². The van der Waals surface area contributed by atoms with Gasteiger partial charge in [0.1, 0.15) is 11.6 Å². The number of rotatable bonds is 2. The van der Waals surface area contributed by atoms with Gasteiger partial charge in [0.2, 0.25) is 0 Å². The molecule has 2 aliphatic heterocycles. The van der Waals surface area contributed by atoms with E-state index in [1.807, 2.05) is 0 Å². The molecule has 2 atom stereocenters. The van der Waals surface area contributed by atoms with Crippen molar-refractivity contribution in [2.45, 2.75) is 70.9 Å². The predicted molar refractivity (Wildman–Crippen MR) is 89.4 cm³/mol. The van der Waals surface area contributed by atoms with Crippen LogP contribution in [0.3, 0.4) is 0 Å². The minimum atomic E-state index is 0.620. The van der Waals surface area contributed by atoms with Crippen LogP contribution in [0.25, 0.3) is 0 Å². The Bertz CT molecular complexity index is 556. The molecule has 3 heterocycles.